The Morgan fingerprint density at radius 1 is 1.36 bits per heavy atom. The first-order valence-corrected chi connectivity index (χ1v) is 5.67. The third-order valence-corrected chi connectivity index (χ3v) is 3.84. The zero-order valence-electron chi connectivity index (χ0n) is 8.78. The highest BCUT2D eigenvalue weighted by Crippen LogP contribution is 2.32. The van der Waals surface area contributed by atoms with Crippen molar-refractivity contribution in [2.75, 3.05) is 6.54 Å². The fourth-order valence-corrected chi connectivity index (χ4v) is 2.77. The summed E-state index contributed by atoms with van der Waals surface area (Å²) in [5.74, 6) is -0.676. The van der Waals surface area contributed by atoms with E-state index < -0.39 is 5.97 Å². The second kappa shape index (κ2) is 3.89. The van der Waals surface area contributed by atoms with Gasteiger partial charge >= 0.3 is 5.97 Å². The van der Waals surface area contributed by atoms with Gasteiger partial charge in [0, 0.05) is 18.6 Å². The van der Waals surface area contributed by atoms with Gasteiger partial charge in [-0.25, -0.2) is 0 Å². The highest BCUT2D eigenvalue weighted by atomic mass is 16.4. The van der Waals surface area contributed by atoms with Gasteiger partial charge in [0.05, 0.1) is 5.92 Å². The molecule has 0 radical (unpaired) electrons. The van der Waals surface area contributed by atoms with Crippen molar-refractivity contribution in [1.82, 2.24) is 4.90 Å². The van der Waals surface area contributed by atoms with E-state index in [9.17, 15) is 4.79 Å². The van der Waals surface area contributed by atoms with E-state index in [-0.39, 0.29) is 5.92 Å². The van der Waals surface area contributed by atoms with Crippen molar-refractivity contribution in [3.8, 4) is 0 Å². The van der Waals surface area contributed by atoms with Gasteiger partial charge in [0.15, 0.2) is 0 Å². The topological polar surface area (TPSA) is 40.5 Å². The monoisotopic (exact) mass is 197 g/mol. The summed E-state index contributed by atoms with van der Waals surface area (Å²) in [5.41, 5.74) is 0. The molecule has 0 amide bonds. The van der Waals surface area contributed by atoms with Crippen LogP contribution in [0.1, 0.15) is 39.0 Å². The first kappa shape index (κ1) is 9.97. The first-order chi connectivity index (χ1) is 6.68. The van der Waals surface area contributed by atoms with Gasteiger partial charge < -0.3 is 5.11 Å². The standard InChI is InChI=1S/C11H19NO2/c1-8-5-6-12(8)10-4-2-3-9(7-10)11(13)14/h8-10H,2-7H2,1H3,(H,13,14). The average molecular weight is 197 g/mol. The molecule has 1 saturated carbocycles. The minimum absolute atomic E-state index is 0.0819. The van der Waals surface area contributed by atoms with E-state index in [4.69, 9.17) is 5.11 Å². The van der Waals surface area contributed by atoms with Gasteiger partial charge in [-0.2, -0.15) is 0 Å². The lowest BCUT2D eigenvalue weighted by molar-refractivity contribution is -0.144. The Labute approximate surface area is 85.1 Å². The molecule has 0 aromatic rings. The predicted octanol–water partition coefficient (Wildman–Crippen LogP) is 1.72. The molecule has 0 bridgehead atoms. The molecule has 14 heavy (non-hydrogen) atoms. The van der Waals surface area contributed by atoms with Crippen LogP contribution >= 0.6 is 0 Å². The highest BCUT2D eigenvalue weighted by molar-refractivity contribution is 5.70. The number of likely N-dealkylation sites (tertiary alicyclic amines) is 1. The van der Waals surface area contributed by atoms with E-state index in [1.807, 2.05) is 0 Å². The summed E-state index contributed by atoms with van der Waals surface area (Å²) in [6.45, 7) is 3.42. The molecule has 0 spiro atoms. The van der Waals surface area contributed by atoms with Crippen molar-refractivity contribution >= 4 is 5.97 Å². The van der Waals surface area contributed by atoms with Gasteiger partial charge in [0.2, 0.25) is 0 Å². The van der Waals surface area contributed by atoms with Crippen LogP contribution in [0.5, 0.6) is 0 Å². The number of aliphatic carboxylic acids is 1. The smallest absolute Gasteiger partial charge is 0.306 e. The van der Waals surface area contributed by atoms with Crippen molar-refractivity contribution in [3.05, 3.63) is 0 Å². The van der Waals surface area contributed by atoms with Crippen LogP contribution in [0.25, 0.3) is 0 Å². The molecule has 1 N–H and O–H groups in total. The fraction of sp³-hybridized carbons (Fsp3) is 0.909. The Morgan fingerprint density at radius 3 is 2.64 bits per heavy atom. The lowest BCUT2D eigenvalue weighted by Crippen LogP contribution is -2.53. The lowest BCUT2D eigenvalue weighted by atomic mass is 9.83. The van der Waals surface area contributed by atoms with Crippen molar-refractivity contribution in [2.45, 2.75) is 51.1 Å². The SMILES string of the molecule is CC1CCN1C1CCCC(C(=O)O)C1. The van der Waals surface area contributed by atoms with E-state index >= 15 is 0 Å². The number of nitrogens with zero attached hydrogens (tertiary/aromatic N) is 1. The number of rotatable bonds is 2. The molecule has 0 aromatic carbocycles. The maximum absolute atomic E-state index is 10.9. The molecular formula is C11H19NO2. The second-order valence-corrected chi connectivity index (χ2v) is 4.73. The molecule has 1 aliphatic carbocycles. The number of carboxylic acids is 1. The van der Waals surface area contributed by atoms with Crippen LogP contribution in [0.15, 0.2) is 0 Å². The molecule has 1 saturated heterocycles. The normalized spacial score (nSPS) is 39.1. The van der Waals surface area contributed by atoms with E-state index in [2.05, 4.69) is 11.8 Å². The average Bonchev–Trinajstić information content (AvgIpc) is 2.16. The van der Waals surface area contributed by atoms with Crippen LogP contribution in [0.3, 0.4) is 0 Å². The van der Waals surface area contributed by atoms with Gasteiger partial charge in [-0.1, -0.05) is 6.42 Å². The summed E-state index contributed by atoms with van der Waals surface area (Å²) in [6, 6.07) is 1.24. The number of hydrogen-bond acceptors (Lipinski definition) is 2. The van der Waals surface area contributed by atoms with Crippen molar-refractivity contribution in [1.29, 1.82) is 0 Å². The van der Waals surface area contributed by atoms with Crippen LogP contribution in [0, 0.1) is 5.92 Å². The third-order valence-electron chi connectivity index (χ3n) is 3.84. The maximum Gasteiger partial charge on any atom is 0.306 e. The van der Waals surface area contributed by atoms with Gasteiger partial charge in [-0.15, -0.1) is 0 Å². The Bertz CT molecular complexity index is 229. The summed E-state index contributed by atoms with van der Waals surface area (Å²) in [6.07, 6.45) is 5.33. The van der Waals surface area contributed by atoms with Crippen LogP contribution in [0.2, 0.25) is 0 Å². The minimum Gasteiger partial charge on any atom is -0.481 e. The van der Waals surface area contributed by atoms with Gasteiger partial charge in [-0.3, -0.25) is 9.69 Å². The maximum atomic E-state index is 10.9. The van der Waals surface area contributed by atoms with E-state index in [1.165, 1.54) is 19.4 Å². The Kier molecular flexibility index (Phi) is 2.77. The Morgan fingerprint density at radius 2 is 2.14 bits per heavy atom. The minimum atomic E-state index is -0.595. The Hall–Kier alpha value is -0.570. The zero-order valence-corrected chi connectivity index (χ0v) is 8.78. The molecule has 0 aromatic heterocycles. The van der Waals surface area contributed by atoms with Crippen molar-refractivity contribution in [2.24, 2.45) is 5.92 Å². The van der Waals surface area contributed by atoms with Crippen molar-refractivity contribution in [3.63, 3.8) is 0 Å². The van der Waals surface area contributed by atoms with E-state index in [0.717, 1.165) is 19.3 Å². The van der Waals surface area contributed by atoms with Gasteiger partial charge in [0.25, 0.3) is 0 Å². The molecule has 2 rings (SSSR count). The summed E-state index contributed by atoms with van der Waals surface area (Å²) < 4.78 is 0. The molecule has 3 nitrogen and oxygen atoms in total. The fourth-order valence-electron chi connectivity index (χ4n) is 2.77. The molecular weight excluding hydrogens is 178 g/mol. The molecule has 3 atom stereocenters. The predicted molar refractivity (Wildman–Crippen MR) is 54.2 cm³/mol. The second-order valence-electron chi connectivity index (χ2n) is 4.73. The number of carbonyl (C=O) groups is 1. The van der Waals surface area contributed by atoms with E-state index in [0.29, 0.717) is 12.1 Å². The molecule has 2 fully saturated rings. The van der Waals surface area contributed by atoms with Crippen molar-refractivity contribution < 1.29 is 9.90 Å². The molecule has 1 heterocycles. The molecule has 3 heteroatoms. The van der Waals surface area contributed by atoms with Crippen LogP contribution in [-0.4, -0.2) is 34.6 Å². The lowest BCUT2D eigenvalue weighted by Gasteiger charge is -2.46. The molecule has 1 aliphatic heterocycles. The van der Waals surface area contributed by atoms with Crippen LogP contribution in [-0.2, 0) is 4.79 Å². The van der Waals surface area contributed by atoms with Gasteiger partial charge in [0.1, 0.15) is 0 Å². The summed E-state index contributed by atoms with van der Waals surface area (Å²) >= 11 is 0. The zero-order chi connectivity index (χ0) is 10.1. The first-order valence-electron chi connectivity index (χ1n) is 5.67. The largest absolute Gasteiger partial charge is 0.481 e. The molecule has 2 aliphatic rings. The number of hydrogen-bond donors (Lipinski definition) is 1. The Balaban J connectivity index is 1.90. The summed E-state index contributed by atoms with van der Waals surface area (Å²) in [5, 5.41) is 8.98. The number of carboxylic acid groups (broad SMARTS) is 1. The van der Waals surface area contributed by atoms with Crippen LogP contribution in [0.4, 0.5) is 0 Å². The molecule has 80 valence electrons. The summed E-state index contributed by atoms with van der Waals surface area (Å²) in [4.78, 5) is 13.4. The third kappa shape index (κ3) is 1.78. The summed E-state index contributed by atoms with van der Waals surface area (Å²) in [7, 11) is 0. The molecule has 3 unspecified atom stereocenters. The quantitative estimate of drug-likeness (QED) is 0.732. The highest BCUT2D eigenvalue weighted by Gasteiger charge is 2.35. The van der Waals surface area contributed by atoms with Crippen LogP contribution < -0.4 is 0 Å². The van der Waals surface area contributed by atoms with E-state index in [1.54, 1.807) is 0 Å². The van der Waals surface area contributed by atoms with Gasteiger partial charge in [-0.05, 0) is 32.6 Å².